The van der Waals surface area contributed by atoms with Crippen LogP contribution < -0.4 is 11.1 Å². The highest BCUT2D eigenvalue weighted by atomic mass is 32.2. The van der Waals surface area contributed by atoms with E-state index >= 15 is 0 Å². The first-order chi connectivity index (χ1) is 6.33. The Hall–Kier alpha value is 0.190. The summed E-state index contributed by atoms with van der Waals surface area (Å²) < 4.78 is 0.397. The van der Waals surface area contributed by atoms with Gasteiger partial charge in [0.2, 0.25) is 0 Å². The molecule has 0 atom stereocenters. The molecule has 0 aromatic rings. The first kappa shape index (κ1) is 10.7. The Balaban J connectivity index is 2.20. The Morgan fingerprint density at radius 3 is 2.07 bits per heavy atom. The molecule has 0 aromatic heterocycles. The lowest BCUT2D eigenvalue weighted by Crippen LogP contribution is -2.54. The molecule has 2 saturated heterocycles. The number of thioether (sulfide) groups is 1. The topological polar surface area (TPSA) is 42.5 Å². The zero-order valence-corrected chi connectivity index (χ0v) is 9.96. The fraction of sp³-hybridized carbons (Fsp3) is 1.00. The van der Waals surface area contributed by atoms with Gasteiger partial charge in [0, 0.05) is 22.3 Å². The molecule has 0 bridgehead atoms. The molecule has 0 radical (unpaired) electrons. The number of hydrogen-bond donors (Lipinski definition) is 2. The fourth-order valence-corrected chi connectivity index (χ4v) is 4.74. The lowest BCUT2D eigenvalue weighted by Gasteiger charge is -2.47. The molecular weight excluding hydrogens is 200 g/mol. The molecule has 2 rings (SSSR count). The van der Waals surface area contributed by atoms with Gasteiger partial charge in [-0.2, -0.15) is 4.94 Å². The van der Waals surface area contributed by atoms with E-state index in [0.29, 0.717) is 0 Å². The van der Waals surface area contributed by atoms with Gasteiger partial charge >= 0.3 is 0 Å². The molecule has 5 heteroatoms. The zero-order chi connectivity index (χ0) is 10.4. The largest absolute Gasteiger partial charge is 0.251 e. The summed E-state index contributed by atoms with van der Waals surface area (Å²) in [7, 11) is 0. The molecule has 0 amide bonds. The minimum atomic E-state index is -0.363. The standard InChI is InChI=1S/C9H18N2O2S/c1-7(2)5-9(10-13-11-12-9)6-8(3,4)14-7/h10-11H,5-6H2,1-4H3. The van der Waals surface area contributed by atoms with Crippen LogP contribution in [0.4, 0.5) is 0 Å². The molecule has 2 fully saturated rings. The van der Waals surface area contributed by atoms with Crippen LogP contribution in [0.25, 0.3) is 0 Å². The van der Waals surface area contributed by atoms with Crippen LogP contribution in [-0.4, -0.2) is 15.2 Å². The van der Waals surface area contributed by atoms with E-state index in [1.54, 1.807) is 0 Å². The number of hydrogen-bond acceptors (Lipinski definition) is 5. The first-order valence-electron chi connectivity index (χ1n) is 4.89. The van der Waals surface area contributed by atoms with Crippen LogP contribution in [0.3, 0.4) is 0 Å². The molecule has 14 heavy (non-hydrogen) atoms. The summed E-state index contributed by atoms with van der Waals surface area (Å²) in [6, 6.07) is 0. The predicted molar refractivity (Wildman–Crippen MR) is 56.2 cm³/mol. The van der Waals surface area contributed by atoms with Gasteiger partial charge in [-0.25, -0.2) is 0 Å². The molecule has 0 aromatic carbocycles. The molecule has 1 spiro atoms. The van der Waals surface area contributed by atoms with Gasteiger partial charge in [0.05, 0.1) is 0 Å². The number of hydroxylamine groups is 1. The van der Waals surface area contributed by atoms with Crippen LogP contribution in [0.1, 0.15) is 40.5 Å². The van der Waals surface area contributed by atoms with Crippen molar-refractivity contribution in [3.63, 3.8) is 0 Å². The van der Waals surface area contributed by atoms with E-state index < -0.39 is 0 Å². The Morgan fingerprint density at radius 2 is 1.64 bits per heavy atom. The molecule has 2 aliphatic rings. The van der Waals surface area contributed by atoms with Crippen LogP contribution in [0.5, 0.6) is 0 Å². The zero-order valence-electron chi connectivity index (χ0n) is 9.14. The predicted octanol–water partition coefficient (Wildman–Crippen LogP) is 1.74. The molecule has 0 unspecified atom stereocenters. The van der Waals surface area contributed by atoms with Gasteiger partial charge in [-0.15, -0.1) is 17.2 Å². The van der Waals surface area contributed by atoms with Crippen molar-refractivity contribution in [1.29, 1.82) is 0 Å². The van der Waals surface area contributed by atoms with Crippen LogP contribution in [0.15, 0.2) is 0 Å². The maximum Gasteiger partial charge on any atom is 0.169 e. The van der Waals surface area contributed by atoms with E-state index in [9.17, 15) is 0 Å². The van der Waals surface area contributed by atoms with E-state index in [1.165, 1.54) is 0 Å². The average Bonchev–Trinajstić information content (AvgIpc) is 2.27. The van der Waals surface area contributed by atoms with Crippen molar-refractivity contribution in [1.82, 2.24) is 11.1 Å². The lowest BCUT2D eigenvalue weighted by molar-refractivity contribution is -0.124. The van der Waals surface area contributed by atoms with E-state index in [-0.39, 0.29) is 15.2 Å². The molecule has 2 heterocycles. The van der Waals surface area contributed by atoms with E-state index in [0.717, 1.165) is 12.8 Å². The SMILES string of the molecule is CC1(C)CC2(CC(C)(C)S1)NONO2. The molecule has 2 N–H and O–H groups in total. The summed E-state index contributed by atoms with van der Waals surface area (Å²) in [5, 5.41) is 0. The maximum absolute atomic E-state index is 5.46. The third kappa shape index (κ3) is 2.06. The van der Waals surface area contributed by atoms with Gasteiger partial charge in [-0.05, 0) is 0 Å². The van der Waals surface area contributed by atoms with E-state index in [2.05, 4.69) is 38.8 Å². The summed E-state index contributed by atoms with van der Waals surface area (Å²) in [6.45, 7) is 8.96. The van der Waals surface area contributed by atoms with Crippen molar-refractivity contribution < 1.29 is 9.78 Å². The van der Waals surface area contributed by atoms with Gasteiger partial charge in [0.15, 0.2) is 5.72 Å². The molecule has 0 aliphatic carbocycles. The molecule has 82 valence electrons. The van der Waals surface area contributed by atoms with Crippen molar-refractivity contribution in [2.45, 2.75) is 55.8 Å². The van der Waals surface area contributed by atoms with Crippen molar-refractivity contribution in [2.24, 2.45) is 0 Å². The van der Waals surface area contributed by atoms with Crippen LogP contribution in [-0.2, 0) is 9.78 Å². The third-order valence-electron chi connectivity index (χ3n) is 2.49. The van der Waals surface area contributed by atoms with Crippen LogP contribution in [0, 0.1) is 0 Å². The average molecular weight is 218 g/mol. The fourth-order valence-electron chi connectivity index (χ4n) is 2.64. The van der Waals surface area contributed by atoms with Crippen molar-refractivity contribution >= 4 is 11.8 Å². The van der Waals surface area contributed by atoms with Crippen LogP contribution in [0.2, 0.25) is 0 Å². The van der Waals surface area contributed by atoms with Gasteiger partial charge in [0.1, 0.15) is 0 Å². The minimum Gasteiger partial charge on any atom is -0.251 e. The number of rotatable bonds is 0. The van der Waals surface area contributed by atoms with Gasteiger partial charge in [-0.3, -0.25) is 4.84 Å². The first-order valence-corrected chi connectivity index (χ1v) is 5.71. The van der Waals surface area contributed by atoms with Crippen molar-refractivity contribution in [3.8, 4) is 0 Å². The van der Waals surface area contributed by atoms with Crippen molar-refractivity contribution in [3.05, 3.63) is 0 Å². The highest BCUT2D eigenvalue weighted by Crippen LogP contribution is 2.51. The second-order valence-corrected chi connectivity index (χ2v) is 7.77. The van der Waals surface area contributed by atoms with Gasteiger partial charge in [-0.1, -0.05) is 33.3 Å². The Morgan fingerprint density at radius 1 is 1.07 bits per heavy atom. The van der Waals surface area contributed by atoms with E-state index in [4.69, 9.17) is 9.78 Å². The Bertz CT molecular complexity index is 219. The molecular formula is C9H18N2O2S. The molecule has 0 saturated carbocycles. The summed E-state index contributed by atoms with van der Waals surface area (Å²) in [5.74, 6) is 0. The summed E-state index contributed by atoms with van der Waals surface area (Å²) >= 11 is 2.00. The quantitative estimate of drug-likeness (QED) is 0.648. The molecule has 4 nitrogen and oxygen atoms in total. The minimum absolute atomic E-state index is 0.199. The van der Waals surface area contributed by atoms with Crippen LogP contribution >= 0.6 is 11.8 Å². The van der Waals surface area contributed by atoms with Crippen molar-refractivity contribution in [2.75, 3.05) is 0 Å². The second kappa shape index (κ2) is 3.09. The molecule has 2 aliphatic heterocycles. The lowest BCUT2D eigenvalue weighted by atomic mass is 9.90. The number of nitrogens with one attached hydrogen (secondary N) is 2. The summed E-state index contributed by atoms with van der Waals surface area (Å²) in [4.78, 5) is 10.3. The smallest absolute Gasteiger partial charge is 0.169 e. The third-order valence-corrected chi connectivity index (χ3v) is 3.88. The van der Waals surface area contributed by atoms with Gasteiger partial charge < -0.3 is 0 Å². The Kier molecular flexibility index (Phi) is 2.36. The Labute approximate surface area is 89.0 Å². The maximum atomic E-state index is 5.46. The van der Waals surface area contributed by atoms with Gasteiger partial charge in [0.25, 0.3) is 0 Å². The summed E-state index contributed by atoms with van der Waals surface area (Å²) in [5.41, 5.74) is 5.01. The summed E-state index contributed by atoms with van der Waals surface area (Å²) in [6.07, 6.45) is 1.86. The normalized spacial score (nSPS) is 33.4. The highest BCUT2D eigenvalue weighted by molar-refractivity contribution is 8.02. The van der Waals surface area contributed by atoms with E-state index in [1.807, 2.05) is 11.8 Å². The highest BCUT2D eigenvalue weighted by Gasteiger charge is 2.51. The second-order valence-electron chi connectivity index (χ2n) is 5.36. The monoisotopic (exact) mass is 218 g/mol.